The van der Waals surface area contributed by atoms with E-state index in [-0.39, 0.29) is 11.8 Å². The Morgan fingerprint density at radius 2 is 2.46 bits per heavy atom. The Balaban J connectivity index is 1.82. The van der Waals surface area contributed by atoms with Crippen molar-refractivity contribution in [1.29, 1.82) is 0 Å². The van der Waals surface area contributed by atoms with Crippen molar-refractivity contribution in [3.8, 4) is 0 Å². The Morgan fingerprint density at radius 1 is 1.62 bits per heavy atom. The molecule has 13 heavy (non-hydrogen) atoms. The van der Waals surface area contributed by atoms with Gasteiger partial charge in [-0.2, -0.15) is 10.2 Å². The van der Waals surface area contributed by atoms with Gasteiger partial charge < -0.3 is 5.32 Å². The van der Waals surface area contributed by atoms with Gasteiger partial charge in [-0.1, -0.05) is 0 Å². The topological polar surface area (TPSA) is 54.9 Å². The van der Waals surface area contributed by atoms with E-state index < -0.39 is 0 Å². The summed E-state index contributed by atoms with van der Waals surface area (Å²) in [6.07, 6.45) is 3.69. The third-order valence-electron chi connectivity index (χ3n) is 2.02. The Kier molecular flexibility index (Phi) is 2.21. The zero-order valence-corrected chi connectivity index (χ0v) is 7.23. The lowest BCUT2D eigenvalue weighted by molar-refractivity contribution is -0.122. The average molecular weight is 177 g/mol. The van der Waals surface area contributed by atoms with Gasteiger partial charge in [0.25, 0.3) is 0 Å². The Morgan fingerprint density at radius 3 is 3.08 bits per heavy atom. The lowest BCUT2D eigenvalue weighted by atomic mass is 10.3. The molecular weight excluding hydrogens is 166 g/mol. The summed E-state index contributed by atoms with van der Waals surface area (Å²) < 4.78 is 0. The molecule has 1 aliphatic carbocycles. The summed E-state index contributed by atoms with van der Waals surface area (Å²) in [5.74, 6) is 0.405. The minimum Gasteiger partial charge on any atom is -0.350 e. The molecule has 0 bridgehead atoms. The fourth-order valence-electron chi connectivity index (χ4n) is 1.10. The molecule has 4 nitrogen and oxygen atoms in total. The van der Waals surface area contributed by atoms with Gasteiger partial charge in [0.05, 0.1) is 12.2 Å². The van der Waals surface area contributed by atoms with Crippen LogP contribution in [0.3, 0.4) is 0 Å². The van der Waals surface area contributed by atoms with E-state index >= 15 is 0 Å². The van der Waals surface area contributed by atoms with Crippen LogP contribution in [0.15, 0.2) is 18.3 Å². The molecule has 1 amide bonds. The molecule has 2 rings (SSSR count). The van der Waals surface area contributed by atoms with Crippen molar-refractivity contribution < 1.29 is 4.79 Å². The maximum Gasteiger partial charge on any atom is 0.223 e. The summed E-state index contributed by atoms with van der Waals surface area (Å²) in [5.41, 5.74) is 0.802. The monoisotopic (exact) mass is 177 g/mol. The smallest absolute Gasteiger partial charge is 0.223 e. The van der Waals surface area contributed by atoms with Crippen LogP contribution in [-0.4, -0.2) is 16.1 Å². The van der Waals surface area contributed by atoms with Crippen LogP contribution in [0.5, 0.6) is 0 Å². The summed E-state index contributed by atoms with van der Waals surface area (Å²) >= 11 is 0. The van der Waals surface area contributed by atoms with Crippen molar-refractivity contribution in [2.75, 3.05) is 0 Å². The molecule has 0 aliphatic heterocycles. The van der Waals surface area contributed by atoms with Gasteiger partial charge in [0.2, 0.25) is 5.91 Å². The number of nitrogens with zero attached hydrogens (tertiary/aromatic N) is 2. The van der Waals surface area contributed by atoms with E-state index in [4.69, 9.17) is 0 Å². The van der Waals surface area contributed by atoms with Gasteiger partial charge >= 0.3 is 0 Å². The van der Waals surface area contributed by atoms with Gasteiger partial charge in [0, 0.05) is 12.1 Å². The molecule has 4 heteroatoms. The molecule has 68 valence electrons. The molecule has 1 aromatic rings. The normalized spacial score (nSPS) is 15.4. The van der Waals surface area contributed by atoms with Gasteiger partial charge in [-0.15, -0.1) is 0 Å². The van der Waals surface area contributed by atoms with Crippen molar-refractivity contribution in [2.45, 2.75) is 19.4 Å². The maximum absolute atomic E-state index is 11.2. The largest absolute Gasteiger partial charge is 0.350 e. The minimum absolute atomic E-state index is 0.144. The zero-order chi connectivity index (χ0) is 9.10. The predicted octanol–water partition coefficient (Wildman–Crippen LogP) is 0.503. The molecule has 0 aromatic carbocycles. The third-order valence-corrected chi connectivity index (χ3v) is 2.02. The molecule has 0 saturated heterocycles. The van der Waals surface area contributed by atoms with Crippen LogP contribution in [0.2, 0.25) is 0 Å². The number of aromatic nitrogens is 2. The predicted molar refractivity (Wildman–Crippen MR) is 46.6 cm³/mol. The van der Waals surface area contributed by atoms with E-state index in [1.54, 1.807) is 6.20 Å². The van der Waals surface area contributed by atoms with E-state index in [1.165, 1.54) is 0 Å². The number of carbonyl (C=O) groups excluding carboxylic acids is 1. The number of amides is 1. The first-order valence-electron chi connectivity index (χ1n) is 4.40. The molecule has 1 fully saturated rings. The number of hydrogen-bond acceptors (Lipinski definition) is 3. The van der Waals surface area contributed by atoms with Crippen molar-refractivity contribution in [3.63, 3.8) is 0 Å². The highest BCUT2D eigenvalue weighted by molar-refractivity contribution is 5.80. The number of nitrogens with one attached hydrogen (secondary N) is 1. The molecule has 0 spiro atoms. The Bertz CT molecular complexity index is 295. The molecule has 1 heterocycles. The first-order valence-corrected chi connectivity index (χ1v) is 4.40. The lowest BCUT2D eigenvalue weighted by Gasteiger charge is -2.01. The van der Waals surface area contributed by atoms with Crippen molar-refractivity contribution in [1.82, 2.24) is 15.5 Å². The number of rotatable bonds is 3. The standard InChI is InChI=1S/C9H11N3O/c13-9(7-3-4-7)10-6-8-2-1-5-11-12-8/h1-2,5,7H,3-4,6H2,(H,10,13). The molecule has 1 N–H and O–H groups in total. The second kappa shape index (κ2) is 3.51. The van der Waals surface area contributed by atoms with E-state index in [0.717, 1.165) is 18.5 Å². The zero-order valence-electron chi connectivity index (χ0n) is 7.23. The van der Waals surface area contributed by atoms with Crippen molar-refractivity contribution in [2.24, 2.45) is 5.92 Å². The molecule has 1 aliphatic rings. The molecule has 0 atom stereocenters. The van der Waals surface area contributed by atoms with Gasteiger partial charge in [-0.3, -0.25) is 4.79 Å². The van der Waals surface area contributed by atoms with E-state index in [0.29, 0.717) is 6.54 Å². The van der Waals surface area contributed by atoms with Crippen LogP contribution in [0.25, 0.3) is 0 Å². The van der Waals surface area contributed by atoms with Gasteiger partial charge in [0.1, 0.15) is 0 Å². The van der Waals surface area contributed by atoms with E-state index in [2.05, 4.69) is 15.5 Å². The molecule has 1 aromatic heterocycles. The van der Waals surface area contributed by atoms with Crippen molar-refractivity contribution in [3.05, 3.63) is 24.0 Å². The average Bonchev–Trinajstić information content (AvgIpc) is 2.99. The Labute approximate surface area is 76.4 Å². The van der Waals surface area contributed by atoms with E-state index in [1.807, 2.05) is 12.1 Å². The quantitative estimate of drug-likeness (QED) is 0.731. The van der Waals surface area contributed by atoms with Crippen LogP contribution in [0.4, 0.5) is 0 Å². The van der Waals surface area contributed by atoms with Gasteiger partial charge in [-0.25, -0.2) is 0 Å². The second-order valence-corrected chi connectivity index (χ2v) is 3.21. The van der Waals surface area contributed by atoms with Crippen LogP contribution in [0, 0.1) is 5.92 Å². The van der Waals surface area contributed by atoms with Crippen LogP contribution < -0.4 is 5.32 Å². The minimum atomic E-state index is 0.144. The summed E-state index contributed by atoms with van der Waals surface area (Å²) in [5, 5.41) is 10.4. The molecular formula is C9H11N3O. The fourth-order valence-corrected chi connectivity index (χ4v) is 1.10. The second-order valence-electron chi connectivity index (χ2n) is 3.21. The summed E-state index contributed by atoms with van der Waals surface area (Å²) in [6, 6.07) is 3.66. The van der Waals surface area contributed by atoms with Crippen LogP contribution in [-0.2, 0) is 11.3 Å². The van der Waals surface area contributed by atoms with Crippen molar-refractivity contribution >= 4 is 5.91 Å². The lowest BCUT2D eigenvalue weighted by Crippen LogP contribution is -2.24. The first-order chi connectivity index (χ1) is 6.36. The maximum atomic E-state index is 11.2. The molecule has 1 saturated carbocycles. The third kappa shape index (κ3) is 2.24. The number of carbonyl (C=O) groups is 1. The fraction of sp³-hybridized carbons (Fsp3) is 0.444. The van der Waals surface area contributed by atoms with Crippen LogP contribution >= 0.6 is 0 Å². The highest BCUT2D eigenvalue weighted by Crippen LogP contribution is 2.28. The Hall–Kier alpha value is -1.45. The summed E-state index contributed by atoms with van der Waals surface area (Å²) in [6.45, 7) is 0.489. The number of hydrogen-bond donors (Lipinski definition) is 1. The first kappa shape index (κ1) is 8.16. The summed E-state index contributed by atoms with van der Waals surface area (Å²) in [7, 11) is 0. The highest BCUT2D eigenvalue weighted by Gasteiger charge is 2.29. The molecule has 0 radical (unpaired) electrons. The summed E-state index contributed by atoms with van der Waals surface area (Å²) in [4.78, 5) is 11.2. The van der Waals surface area contributed by atoms with Crippen LogP contribution in [0.1, 0.15) is 18.5 Å². The SMILES string of the molecule is O=C(NCc1cccnn1)C1CC1. The highest BCUT2D eigenvalue weighted by atomic mass is 16.2. The molecule has 0 unspecified atom stereocenters. The van der Waals surface area contributed by atoms with Gasteiger partial charge in [0.15, 0.2) is 0 Å². The van der Waals surface area contributed by atoms with E-state index in [9.17, 15) is 4.79 Å². The van der Waals surface area contributed by atoms with Gasteiger partial charge in [-0.05, 0) is 25.0 Å².